The van der Waals surface area contributed by atoms with Gasteiger partial charge in [-0.15, -0.1) is 0 Å². The second-order valence-corrected chi connectivity index (χ2v) is 6.64. The maximum absolute atomic E-state index is 12.4. The molecule has 0 unspecified atom stereocenters. The lowest BCUT2D eigenvalue weighted by molar-refractivity contribution is -0.121. The van der Waals surface area contributed by atoms with Crippen LogP contribution >= 0.6 is 0 Å². The summed E-state index contributed by atoms with van der Waals surface area (Å²) in [4.78, 5) is 28.3. The topological polar surface area (TPSA) is 71.1 Å². The largest absolute Gasteiger partial charge is 0.349 e. The van der Waals surface area contributed by atoms with E-state index in [0.29, 0.717) is 6.42 Å². The molecule has 0 saturated heterocycles. The van der Waals surface area contributed by atoms with Gasteiger partial charge >= 0.3 is 0 Å². The van der Waals surface area contributed by atoms with Gasteiger partial charge in [0.05, 0.1) is 24.4 Å². The summed E-state index contributed by atoms with van der Waals surface area (Å²) in [6.45, 7) is 1.95. The Kier molecular flexibility index (Phi) is 4.13. The van der Waals surface area contributed by atoms with Gasteiger partial charge in [0.15, 0.2) is 0 Å². The van der Waals surface area contributed by atoms with Crippen molar-refractivity contribution >= 4 is 28.4 Å². The lowest BCUT2D eigenvalue weighted by Gasteiger charge is -2.15. The summed E-state index contributed by atoms with van der Waals surface area (Å²) in [6, 6.07) is 15.5. The molecule has 1 atom stereocenters. The average molecular weight is 345 g/mol. The van der Waals surface area contributed by atoms with Gasteiger partial charge in [0.2, 0.25) is 11.8 Å². The third kappa shape index (κ3) is 3.28. The van der Waals surface area contributed by atoms with Gasteiger partial charge in [-0.05, 0) is 41.8 Å². The Balaban J connectivity index is 1.44. The van der Waals surface area contributed by atoms with Crippen molar-refractivity contribution in [2.24, 2.45) is 0 Å². The normalized spacial score (nSPS) is 14.0. The lowest BCUT2D eigenvalue weighted by atomic mass is 10.0. The first-order valence-electron chi connectivity index (χ1n) is 8.64. The number of nitrogens with one attached hydrogen (secondary N) is 2. The number of nitrogens with zero attached hydrogens (tertiary/aromatic N) is 1. The summed E-state index contributed by atoms with van der Waals surface area (Å²) in [5, 5.41) is 6.87. The number of amides is 2. The molecule has 3 aromatic rings. The van der Waals surface area contributed by atoms with Gasteiger partial charge in [-0.25, -0.2) is 0 Å². The molecule has 2 heterocycles. The van der Waals surface area contributed by atoms with E-state index in [1.165, 1.54) is 0 Å². The number of benzene rings is 2. The van der Waals surface area contributed by atoms with E-state index in [4.69, 9.17) is 0 Å². The van der Waals surface area contributed by atoms with Crippen LogP contribution in [0.15, 0.2) is 54.7 Å². The number of para-hydroxylation sites is 1. The maximum atomic E-state index is 12.4. The summed E-state index contributed by atoms with van der Waals surface area (Å²) in [7, 11) is 0. The summed E-state index contributed by atoms with van der Waals surface area (Å²) < 4.78 is 0. The van der Waals surface area contributed by atoms with Gasteiger partial charge in [0.1, 0.15) is 0 Å². The molecule has 0 spiro atoms. The van der Waals surface area contributed by atoms with Crippen LogP contribution in [0.2, 0.25) is 0 Å². The zero-order valence-electron chi connectivity index (χ0n) is 14.5. The minimum absolute atomic E-state index is 0.0117. The van der Waals surface area contributed by atoms with Crippen molar-refractivity contribution in [3.05, 3.63) is 71.4 Å². The average Bonchev–Trinajstić information content (AvgIpc) is 3.00. The van der Waals surface area contributed by atoms with E-state index >= 15 is 0 Å². The second kappa shape index (κ2) is 6.59. The zero-order chi connectivity index (χ0) is 18.1. The first-order valence-corrected chi connectivity index (χ1v) is 8.64. The van der Waals surface area contributed by atoms with Crippen LogP contribution in [0, 0.1) is 0 Å². The Morgan fingerprint density at radius 1 is 1.23 bits per heavy atom. The van der Waals surface area contributed by atoms with Crippen LogP contribution in [0.25, 0.3) is 10.9 Å². The molecule has 26 heavy (non-hydrogen) atoms. The molecule has 0 aliphatic carbocycles. The first kappa shape index (κ1) is 16.3. The van der Waals surface area contributed by atoms with E-state index in [1.807, 2.05) is 55.5 Å². The molecule has 5 heteroatoms. The Labute approximate surface area is 151 Å². The molecule has 0 radical (unpaired) electrons. The van der Waals surface area contributed by atoms with Crippen LogP contribution in [0.5, 0.6) is 0 Å². The minimum Gasteiger partial charge on any atom is -0.349 e. The third-order valence-electron chi connectivity index (χ3n) is 4.64. The molecule has 1 aromatic heterocycles. The summed E-state index contributed by atoms with van der Waals surface area (Å²) in [6.07, 6.45) is 2.43. The van der Waals surface area contributed by atoms with E-state index in [0.717, 1.165) is 33.3 Å². The fourth-order valence-corrected chi connectivity index (χ4v) is 3.29. The fraction of sp³-hybridized carbons (Fsp3) is 0.190. The molecule has 0 fully saturated rings. The van der Waals surface area contributed by atoms with Crippen LogP contribution in [-0.4, -0.2) is 16.8 Å². The van der Waals surface area contributed by atoms with Crippen molar-refractivity contribution in [3.63, 3.8) is 0 Å². The van der Waals surface area contributed by atoms with E-state index < -0.39 is 0 Å². The number of hydrogen-bond acceptors (Lipinski definition) is 3. The highest BCUT2D eigenvalue weighted by Gasteiger charge is 2.19. The molecule has 1 aliphatic rings. The van der Waals surface area contributed by atoms with E-state index in [2.05, 4.69) is 15.6 Å². The predicted molar refractivity (Wildman–Crippen MR) is 101 cm³/mol. The highest BCUT2D eigenvalue weighted by atomic mass is 16.2. The van der Waals surface area contributed by atoms with Gasteiger partial charge in [-0.2, -0.15) is 0 Å². The number of rotatable bonds is 4. The van der Waals surface area contributed by atoms with Crippen LogP contribution in [0.1, 0.15) is 29.7 Å². The predicted octanol–water partition coefficient (Wildman–Crippen LogP) is 3.15. The Morgan fingerprint density at radius 3 is 2.96 bits per heavy atom. The molecule has 5 nitrogen and oxygen atoms in total. The molecule has 4 rings (SSSR count). The van der Waals surface area contributed by atoms with Crippen molar-refractivity contribution in [3.8, 4) is 0 Å². The molecule has 1 aliphatic heterocycles. The second-order valence-electron chi connectivity index (χ2n) is 6.64. The monoisotopic (exact) mass is 345 g/mol. The van der Waals surface area contributed by atoms with Gasteiger partial charge in [-0.1, -0.05) is 30.3 Å². The van der Waals surface area contributed by atoms with Crippen molar-refractivity contribution in [2.45, 2.75) is 25.8 Å². The summed E-state index contributed by atoms with van der Waals surface area (Å²) in [5.41, 5.74) is 4.64. The molecule has 0 saturated carbocycles. The van der Waals surface area contributed by atoms with Gasteiger partial charge in [0.25, 0.3) is 0 Å². The molecule has 2 amide bonds. The molecule has 2 aromatic carbocycles. The maximum Gasteiger partial charge on any atom is 0.228 e. The highest BCUT2D eigenvalue weighted by molar-refractivity contribution is 5.99. The third-order valence-corrected chi connectivity index (χ3v) is 4.64. The van der Waals surface area contributed by atoms with Crippen LogP contribution < -0.4 is 10.6 Å². The van der Waals surface area contributed by atoms with Crippen LogP contribution in [-0.2, 0) is 22.4 Å². The highest BCUT2D eigenvalue weighted by Crippen LogP contribution is 2.26. The number of fused-ring (bicyclic) bond motifs is 2. The SMILES string of the molecule is C[C@H](NC(=O)Cc1cnc2ccccc2c1)c1ccc2c(c1)CC(=O)N2. The zero-order valence-corrected chi connectivity index (χ0v) is 14.5. The summed E-state index contributed by atoms with van der Waals surface area (Å²) >= 11 is 0. The van der Waals surface area contributed by atoms with Gasteiger partial charge in [0, 0.05) is 17.3 Å². The van der Waals surface area contributed by atoms with Crippen molar-refractivity contribution in [1.29, 1.82) is 0 Å². The molecule has 2 N–H and O–H groups in total. The smallest absolute Gasteiger partial charge is 0.228 e. The number of aromatic nitrogens is 1. The Bertz CT molecular complexity index is 1010. The molecular weight excluding hydrogens is 326 g/mol. The Morgan fingerprint density at radius 2 is 2.08 bits per heavy atom. The van der Waals surface area contributed by atoms with E-state index in [9.17, 15) is 9.59 Å². The number of anilines is 1. The number of carbonyl (C=O) groups excluding carboxylic acids is 2. The Hall–Kier alpha value is -3.21. The van der Waals surface area contributed by atoms with Crippen molar-refractivity contribution in [2.75, 3.05) is 5.32 Å². The first-order chi connectivity index (χ1) is 12.6. The standard InChI is InChI=1S/C21H19N3O2/c1-13(15-6-7-19-17(10-15)11-21(26)24-19)23-20(25)9-14-8-16-4-2-3-5-18(16)22-12-14/h2-8,10,12-13H,9,11H2,1H3,(H,23,25)(H,24,26)/t13-/m0/s1. The van der Waals surface area contributed by atoms with E-state index in [1.54, 1.807) is 6.20 Å². The van der Waals surface area contributed by atoms with Crippen LogP contribution in [0.3, 0.4) is 0 Å². The molecule has 130 valence electrons. The van der Waals surface area contributed by atoms with Gasteiger partial charge < -0.3 is 10.6 Å². The summed E-state index contributed by atoms with van der Waals surface area (Å²) in [5.74, 6) is -0.0399. The minimum atomic E-state index is -0.128. The number of carbonyl (C=O) groups is 2. The number of pyridine rings is 1. The van der Waals surface area contributed by atoms with Crippen molar-refractivity contribution in [1.82, 2.24) is 10.3 Å². The number of hydrogen-bond donors (Lipinski definition) is 2. The lowest BCUT2D eigenvalue weighted by Crippen LogP contribution is -2.28. The van der Waals surface area contributed by atoms with Crippen LogP contribution in [0.4, 0.5) is 5.69 Å². The quantitative estimate of drug-likeness (QED) is 0.763. The molecular formula is C21H19N3O2. The van der Waals surface area contributed by atoms with Crippen molar-refractivity contribution < 1.29 is 9.59 Å². The molecule has 0 bridgehead atoms. The fourth-order valence-electron chi connectivity index (χ4n) is 3.29. The van der Waals surface area contributed by atoms with E-state index in [-0.39, 0.29) is 24.3 Å². The van der Waals surface area contributed by atoms with Gasteiger partial charge in [-0.3, -0.25) is 14.6 Å².